The lowest BCUT2D eigenvalue weighted by Gasteiger charge is -2.17. The van der Waals surface area contributed by atoms with Crippen LogP contribution in [0.4, 0.5) is 4.79 Å². The lowest BCUT2D eigenvalue weighted by Crippen LogP contribution is -2.40. The molecule has 0 aliphatic heterocycles. The first kappa shape index (κ1) is 16.3. The number of hydrogen-bond acceptors (Lipinski definition) is 5. The Kier molecular flexibility index (Phi) is 5.74. The van der Waals surface area contributed by atoms with Crippen LogP contribution in [0.25, 0.3) is 0 Å². The molecule has 0 saturated heterocycles. The zero-order chi connectivity index (χ0) is 15.9. The fourth-order valence-electron chi connectivity index (χ4n) is 1.86. The molecule has 2 rings (SSSR count). The van der Waals surface area contributed by atoms with Gasteiger partial charge >= 0.3 is 6.03 Å². The predicted octanol–water partition coefficient (Wildman–Crippen LogP) is 1.61. The molecule has 0 bridgehead atoms. The molecule has 2 aromatic rings. The number of aryl methyl sites for hydroxylation is 1. The van der Waals surface area contributed by atoms with E-state index >= 15 is 0 Å². The lowest BCUT2D eigenvalue weighted by atomic mass is 10.1. The fourth-order valence-corrected chi connectivity index (χ4v) is 1.99. The van der Waals surface area contributed by atoms with E-state index < -0.39 is 6.04 Å². The van der Waals surface area contributed by atoms with Gasteiger partial charge in [0.2, 0.25) is 5.89 Å². The van der Waals surface area contributed by atoms with Crippen LogP contribution in [0.3, 0.4) is 0 Å². The highest BCUT2D eigenvalue weighted by atomic mass is 35.5. The van der Waals surface area contributed by atoms with E-state index in [1.165, 1.54) is 0 Å². The number of rotatable bonds is 6. The normalized spacial score (nSPS) is 12.0. The smallest absolute Gasteiger partial charge is 0.315 e. The molecular formula is C14H17ClN4O3. The van der Waals surface area contributed by atoms with Gasteiger partial charge in [-0.2, -0.15) is 4.98 Å². The van der Waals surface area contributed by atoms with Crippen LogP contribution in [0.1, 0.15) is 23.3 Å². The van der Waals surface area contributed by atoms with E-state index in [4.69, 9.17) is 16.1 Å². The van der Waals surface area contributed by atoms with Crippen molar-refractivity contribution >= 4 is 17.6 Å². The van der Waals surface area contributed by atoms with Crippen molar-refractivity contribution in [2.75, 3.05) is 13.2 Å². The summed E-state index contributed by atoms with van der Waals surface area (Å²) in [5, 5.41) is 19.0. The molecule has 0 spiro atoms. The summed E-state index contributed by atoms with van der Waals surface area (Å²) < 4.78 is 4.94. The average molecular weight is 325 g/mol. The van der Waals surface area contributed by atoms with Crippen LogP contribution >= 0.6 is 11.6 Å². The van der Waals surface area contributed by atoms with E-state index in [1.807, 2.05) is 0 Å². The molecule has 0 radical (unpaired) electrons. The molecule has 1 atom stereocenters. The Morgan fingerprint density at radius 2 is 2.14 bits per heavy atom. The van der Waals surface area contributed by atoms with Crippen molar-refractivity contribution in [3.05, 3.63) is 46.6 Å². The SMILES string of the molecule is Cc1noc(CCNC(=O)NC(CO)c2ccc(Cl)cc2)n1. The van der Waals surface area contributed by atoms with Crippen molar-refractivity contribution in [2.45, 2.75) is 19.4 Å². The third kappa shape index (κ3) is 4.71. The largest absolute Gasteiger partial charge is 0.394 e. The van der Waals surface area contributed by atoms with Crippen molar-refractivity contribution in [2.24, 2.45) is 0 Å². The summed E-state index contributed by atoms with van der Waals surface area (Å²) >= 11 is 5.81. The van der Waals surface area contributed by atoms with Crippen LogP contribution in [0, 0.1) is 6.92 Å². The molecule has 7 nitrogen and oxygen atoms in total. The van der Waals surface area contributed by atoms with Gasteiger partial charge in [0.15, 0.2) is 5.82 Å². The van der Waals surface area contributed by atoms with E-state index in [0.717, 1.165) is 5.56 Å². The van der Waals surface area contributed by atoms with Crippen LogP contribution < -0.4 is 10.6 Å². The lowest BCUT2D eigenvalue weighted by molar-refractivity contribution is 0.217. The van der Waals surface area contributed by atoms with Gasteiger partial charge in [0.25, 0.3) is 0 Å². The van der Waals surface area contributed by atoms with Gasteiger partial charge in [-0.05, 0) is 24.6 Å². The topological polar surface area (TPSA) is 100 Å². The molecule has 1 aromatic heterocycles. The summed E-state index contributed by atoms with van der Waals surface area (Å²) in [5.41, 5.74) is 0.773. The highest BCUT2D eigenvalue weighted by Crippen LogP contribution is 2.16. The minimum atomic E-state index is -0.497. The zero-order valence-corrected chi connectivity index (χ0v) is 12.8. The number of aromatic nitrogens is 2. The van der Waals surface area contributed by atoms with E-state index in [2.05, 4.69) is 20.8 Å². The maximum Gasteiger partial charge on any atom is 0.315 e. The monoisotopic (exact) mass is 324 g/mol. The number of aliphatic hydroxyl groups excluding tert-OH is 1. The minimum absolute atomic E-state index is 0.210. The third-order valence-electron chi connectivity index (χ3n) is 2.95. The number of urea groups is 1. The molecule has 3 N–H and O–H groups in total. The zero-order valence-electron chi connectivity index (χ0n) is 12.0. The second kappa shape index (κ2) is 7.77. The molecule has 0 saturated carbocycles. The quantitative estimate of drug-likeness (QED) is 0.749. The van der Waals surface area contributed by atoms with Crippen LogP contribution in [-0.2, 0) is 6.42 Å². The fraction of sp³-hybridized carbons (Fsp3) is 0.357. The summed E-state index contributed by atoms with van der Waals surface area (Å²) in [6.45, 7) is 1.87. The van der Waals surface area contributed by atoms with E-state index in [1.54, 1.807) is 31.2 Å². The molecule has 0 aliphatic carbocycles. The Morgan fingerprint density at radius 1 is 1.41 bits per heavy atom. The molecule has 1 aromatic carbocycles. The Balaban J connectivity index is 1.80. The minimum Gasteiger partial charge on any atom is -0.394 e. The van der Waals surface area contributed by atoms with Crippen molar-refractivity contribution in [1.82, 2.24) is 20.8 Å². The number of hydrogen-bond donors (Lipinski definition) is 3. The first-order valence-electron chi connectivity index (χ1n) is 6.78. The Bertz CT molecular complexity index is 615. The van der Waals surface area contributed by atoms with Crippen LogP contribution in [0.5, 0.6) is 0 Å². The first-order chi connectivity index (χ1) is 10.6. The van der Waals surface area contributed by atoms with Gasteiger partial charge < -0.3 is 20.3 Å². The van der Waals surface area contributed by atoms with Crippen molar-refractivity contribution in [1.29, 1.82) is 0 Å². The maximum absolute atomic E-state index is 11.8. The van der Waals surface area contributed by atoms with Gasteiger partial charge in [-0.25, -0.2) is 4.79 Å². The van der Waals surface area contributed by atoms with Gasteiger partial charge in [0.05, 0.1) is 12.6 Å². The number of amides is 2. The van der Waals surface area contributed by atoms with Gasteiger partial charge in [-0.3, -0.25) is 0 Å². The van der Waals surface area contributed by atoms with Crippen LogP contribution in [0.2, 0.25) is 5.02 Å². The third-order valence-corrected chi connectivity index (χ3v) is 3.21. The summed E-state index contributed by atoms with van der Waals surface area (Å²) in [4.78, 5) is 15.9. The number of aliphatic hydroxyl groups is 1. The predicted molar refractivity (Wildman–Crippen MR) is 80.6 cm³/mol. The number of benzene rings is 1. The molecule has 8 heteroatoms. The maximum atomic E-state index is 11.8. The van der Waals surface area contributed by atoms with Crippen molar-refractivity contribution < 1.29 is 14.4 Å². The van der Waals surface area contributed by atoms with E-state index in [9.17, 15) is 9.90 Å². The van der Waals surface area contributed by atoms with E-state index in [-0.39, 0.29) is 12.6 Å². The van der Waals surface area contributed by atoms with Gasteiger partial charge in [0.1, 0.15) is 0 Å². The van der Waals surface area contributed by atoms with Crippen LogP contribution in [-0.4, -0.2) is 34.4 Å². The molecule has 1 unspecified atom stereocenters. The number of halogens is 1. The average Bonchev–Trinajstić information content (AvgIpc) is 2.91. The molecule has 0 fully saturated rings. The summed E-state index contributed by atoms with van der Waals surface area (Å²) in [6.07, 6.45) is 0.443. The molecule has 22 heavy (non-hydrogen) atoms. The first-order valence-corrected chi connectivity index (χ1v) is 7.16. The van der Waals surface area contributed by atoms with Gasteiger partial charge in [-0.1, -0.05) is 28.9 Å². The number of carbonyl (C=O) groups excluding carboxylic acids is 1. The Morgan fingerprint density at radius 3 is 2.73 bits per heavy atom. The second-order valence-corrected chi connectivity index (χ2v) is 5.11. The molecule has 1 heterocycles. The second-order valence-electron chi connectivity index (χ2n) is 4.67. The molecule has 0 aliphatic rings. The number of nitrogens with zero attached hydrogens (tertiary/aromatic N) is 2. The van der Waals surface area contributed by atoms with E-state index in [0.29, 0.717) is 29.7 Å². The summed E-state index contributed by atoms with van der Waals surface area (Å²) in [7, 11) is 0. The summed E-state index contributed by atoms with van der Waals surface area (Å²) in [6, 6.07) is 6.04. The van der Waals surface area contributed by atoms with Gasteiger partial charge in [0, 0.05) is 18.0 Å². The highest BCUT2D eigenvalue weighted by molar-refractivity contribution is 6.30. The van der Waals surface area contributed by atoms with Crippen molar-refractivity contribution in [3.8, 4) is 0 Å². The Hall–Kier alpha value is -2.12. The standard InChI is InChI=1S/C14H17ClN4O3/c1-9-17-13(22-19-9)6-7-16-14(21)18-12(8-20)10-2-4-11(15)5-3-10/h2-5,12,20H,6-8H2,1H3,(H2,16,18,21). The highest BCUT2D eigenvalue weighted by Gasteiger charge is 2.13. The molecule has 118 valence electrons. The molecular weight excluding hydrogens is 308 g/mol. The summed E-state index contributed by atoms with van der Waals surface area (Å²) in [5.74, 6) is 1.02. The number of carbonyl (C=O) groups is 1. The van der Waals surface area contributed by atoms with Crippen LogP contribution in [0.15, 0.2) is 28.8 Å². The van der Waals surface area contributed by atoms with Gasteiger partial charge in [-0.15, -0.1) is 0 Å². The Labute approximate surface area is 132 Å². The van der Waals surface area contributed by atoms with Crippen molar-refractivity contribution in [3.63, 3.8) is 0 Å². The molecule has 2 amide bonds. The number of nitrogens with one attached hydrogen (secondary N) is 2.